The van der Waals surface area contributed by atoms with Crippen LogP contribution in [-0.2, 0) is 16.6 Å². The highest BCUT2D eigenvalue weighted by molar-refractivity contribution is 6.17. The highest BCUT2D eigenvalue weighted by atomic mass is 35.5. The fraction of sp³-hybridized carbons (Fsp3) is 0.296. The van der Waals surface area contributed by atoms with Crippen molar-refractivity contribution in [1.29, 1.82) is 0 Å². The minimum absolute atomic E-state index is 0.0187. The molecule has 0 saturated carbocycles. The molecule has 0 aliphatic rings. The van der Waals surface area contributed by atoms with Gasteiger partial charge in [0, 0.05) is 17.8 Å². The van der Waals surface area contributed by atoms with Gasteiger partial charge in [-0.25, -0.2) is 4.79 Å². The second-order valence-electron chi connectivity index (χ2n) is 8.43. The molecule has 0 aliphatic heterocycles. The summed E-state index contributed by atoms with van der Waals surface area (Å²) in [5.74, 6) is -0.821. The normalized spacial score (nSPS) is 12.1. The molecule has 1 N–H and O–H groups in total. The molecular formula is C27H24ClF6NO4. The Balaban J connectivity index is 2.16. The SMILES string of the molecule is O=C(NCC(Cc1ccccc1)(c1cccc(OC(F)(F)F)c1)c1cccc(OC(F)(F)F)c1)OCCCCl. The van der Waals surface area contributed by atoms with Crippen LogP contribution in [0.5, 0.6) is 11.5 Å². The van der Waals surface area contributed by atoms with Crippen molar-refractivity contribution < 1.29 is 45.3 Å². The lowest BCUT2D eigenvalue weighted by atomic mass is 9.70. The largest absolute Gasteiger partial charge is 0.573 e. The van der Waals surface area contributed by atoms with Gasteiger partial charge in [-0.1, -0.05) is 54.6 Å². The van der Waals surface area contributed by atoms with Crippen LogP contribution in [0.2, 0.25) is 0 Å². The molecule has 3 aromatic rings. The van der Waals surface area contributed by atoms with E-state index in [2.05, 4.69) is 14.8 Å². The number of alkyl carbamates (subject to hydrolysis) is 1. The van der Waals surface area contributed by atoms with Crippen LogP contribution in [0.4, 0.5) is 31.1 Å². The summed E-state index contributed by atoms with van der Waals surface area (Å²) in [6.07, 6.45) is -10.3. The summed E-state index contributed by atoms with van der Waals surface area (Å²) >= 11 is 5.61. The van der Waals surface area contributed by atoms with E-state index in [4.69, 9.17) is 16.3 Å². The molecule has 0 saturated heterocycles. The molecule has 5 nitrogen and oxygen atoms in total. The molecule has 39 heavy (non-hydrogen) atoms. The molecule has 3 aromatic carbocycles. The Labute approximate surface area is 225 Å². The molecule has 12 heteroatoms. The van der Waals surface area contributed by atoms with Crippen molar-refractivity contribution in [3.05, 3.63) is 95.6 Å². The van der Waals surface area contributed by atoms with Crippen LogP contribution in [0.25, 0.3) is 0 Å². The molecule has 0 unspecified atom stereocenters. The number of nitrogens with one attached hydrogen (secondary N) is 1. The summed E-state index contributed by atoms with van der Waals surface area (Å²) in [5, 5.41) is 2.60. The van der Waals surface area contributed by atoms with E-state index in [-0.39, 0.29) is 36.6 Å². The Morgan fingerprint density at radius 1 is 0.769 bits per heavy atom. The lowest BCUT2D eigenvalue weighted by molar-refractivity contribution is -0.275. The Morgan fingerprint density at radius 2 is 1.31 bits per heavy atom. The summed E-state index contributed by atoms with van der Waals surface area (Å²) in [4.78, 5) is 12.5. The Kier molecular flexibility index (Phi) is 9.96. The lowest BCUT2D eigenvalue weighted by Crippen LogP contribution is -2.43. The number of hydrogen-bond donors (Lipinski definition) is 1. The van der Waals surface area contributed by atoms with Crippen LogP contribution in [0.15, 0.2) is 78.9 Å². The van der Waals surface area contributed by atoms with E-state index in [1.807, 2.05) is 0 Å². The maximum Gasteiger partial charge on any atom is 0.573 e. The van der Waals surface area contributed by atoms with Gasteiger partial charge in [0.25, 0.3) is 0 Å². The van der Waals surface area contributed by atoms with E-state index < -0.39 is 35.7 Å². The predicted octanol–water partition coefficient (Wildman–Crippen LogP) is 7.37. The molecule has 3 rings (SSSR count). The van der Waals surface area contributed by atoms with Gasteiger partial charge in [-0.3, -0.25) is 0 Å². The van der Waals surface area contributed by atoms with Crippen molar-refractivity contribution in [2.75, 3.05) is 19.0 Å². The molecule has 1 amide bonds. The van der Waals surface area contributed by atoms with Crippen LogP contribution in [-0.4, -0.2) is 37.8 Å². The monoisotopic (exact) mass is 575 g/mol. The maximum absolute atomic E-state index is 13.0. The molecule has 0 atom stereocenters. The van der Waals surface area contributed by atoms with Crippen molar-refractivity contribution in [2.24, 2.45) is 0 Å². The zero-order valence-corrected chi connectivity index (χ0v) is 21.1. The maximum atomic E-state index is 13.0. The van der Waals surface area contributed by atoms with Crippen LogP contribution < -0.4 is 14.8 Å². The van der Waals surface area contributed by atoms with E-state index in [0.717, 1.165) is 24.3 Å². The van der Waals surface area contributed by atoms with E-state index in [1.54, 1.807) is 30.3 Å². The molecule has 0 bridgehead atoms. The molecule has 0 aliphatic carbocycles. The summed E-state index contributed by atoms with van der Waals surface area (Å²) in [7, 11) is 0. The van der Waals surface area contributed by atoms with Gasteiger partial charge < -0.3 is 19.5 Å². The van der Waals surface area contributed by atoms with Gasteiger partial charge in [-0.2, -0.15) is 0 Å². The van der Waals surface area contributed by atoms with Crippen LogP contribution >= 0.6 is 11.6 Å². The van der Waals surface area contributed by atoms with Gasteiger partial charge in [-0.15, -0.1) is 37.9 Å². The summed E-state index contributed by atoms with van der Waals surface area (Å²) in [6.45, 7) is -0.239. The van der Waals surface area contributed by atoms with Crippen LogP contribution in [0.1, 0.15) is 23.1 Å². The fourth-order valence-corrected chi connectivity index (χ4v) is 4.17. The minimum atomic E-state index is -4.98. The van der Waals surface area contributed by atoms with E-state index in [0.29, 0.717) is 12.0 Å². The first kappa shape index (κ1) is 29.9. The number of ether oxygens (including phenoxy) is 3. The third kappa shape index (κ3) is 9.27. The third-order valence-corrected chi connectivity index (χ3v) is 5.90. The zero-order valence-electron chi connectivity index (χ0n) is 20.3. The number of carbonyl (C=O) groups is 1. The third-order valence-electron chi connectivity index (χ3n) is 5.63. The van der Waals surface area contributed by atoms with Crippen molar-refractivity contribution in [3.8, 4) is 11.5 Å². The first-order chi connectivity index (χ1) is 18.4. The van der Waals surface area contributed by atoms with Gasteiger partial charge >= 0.3 is 18.8 Å². The fourth-order valence-electron chi connectivity index (χ4n) is 4.06. The number of benzene rings is 3. The second kappa shape index (κ2) is 13.0. The smallest absolute Gasteiger partial charge is 0.450 e. The van der Waals surface area contributed by atoms with E-state index in [1.165, 1.54) is 24.3 Å². The summed E-state index contributed by atoms with van der Waals surface area (Å²) < 4.78 is 91.4. The van der Waals surface area contributed by atoms with Gasteiger partial charge in [0.1, 0.15) is 11.5 Å². The number of hydrogen-bond acceptors (Lipinski definition) is 4. The van der Waals surface area contributed by atoms with E-state index >= 15 is 0 Å². The molecule has 0 fully saturated rings. The molecule has 0 spiro atoms. The predicted molar refractivity (Wildman–Crippen MR) is 132 cm³/mol. The molecule has 0 aromatic heterocycles. The highest BCUT2D eigenvalue weighted by Gasteiger charge is 2.38. The number of carbonyl (C=O) groups excluding carboxylic acids is 1. The first-order valence-corrected chi connectivity index (χ1v) is 12.2. The van der Waals surface area contributed by atoms with E-state index in [9.17, 15) is 31.1 Å². The highest BCUT2D eigenvalue weighted by Crippen LogP contribution is 2.39. The topological polar surface area (TPSA) is 56.8 Å². The lowest BCUT2D eigenvalue weighted by Gasteiger charge is -2.36. The van der Waals surface area contributed by atoms with Crippen LogP contribution in [0, 0.1) is 0 Å². The quantitative estimate of drug-likeness (QED) is 0.147. The number of halogens is 7. The average Bonchev–Trinajstić information content (AvgIpc) is 2.85. The van der Waals surface area contributed by atoms with Crippen LogP contribution in [0.3, 0.4) is 0 Å². The van der Waals surface area contributed by atoms with Gasteiger partial charge in [0.05, 0.1) is 6.61 Å². The van der Waals surface area contributed by atoms with Crippen molar-refractivity contribution in [1.82, 2.24) is 5.32 Å². The number of alkyl halides is 7. The van der Waals surface area contributed by atoms with Gasteiger partial charge in [0.2, 0.25) is 0 Å². The molecule has 210 valence electrons. The average molecular weight is 576 g/mol. The molecule has 0 radical (unpaired) electrons. The summed E-state index contributed by atoms with van der Waals surface area (Å²) in [6, 6.07) is 18.8. The van der Waals surface area contributed by atoms with Crippen molar-refractivity contribution >= 4 is 17.7 Å². The number of rotatable bonds is 11. The Hall–Kier alpha value is -3.60. The van der Waals surface area contributed by atoms with Gasteiger partial charge in [-0.05, 0) is 53.8 Å². The minimum Gasteiger partial charge on any atom is -0.450 e. The van der Waals surface area contributed by atoms with Crippen molar-refractivity contribution in [3.63, 3.8) is 0 Å². The van der Waals surface area contributed by atoms with Crippen molar-refractivity contribution in [2.45, 2.75) is 31.0 Å². The Bertz CT molecular complexity index is 1160. The second-order valence-corrected chi connectivity index (χ2v) is 8.81. The first-order valence-electron chi connectivity index (χ1n) is 11.6. The molecule has 0 heterocycles. The standard InChI is InChI=1S/C27H24ClF6NO4/c28-13-6-14-37-24(36)35-18-25(17-19-7-2-1-3-8-19,20-9-4-11-22(15-20)38-26(29,30)31)21-10-5-12-23(16-21)39-27(32,33)34/h1-5,7-12,15-16H,6,13-14,17-18H2,(H,35,36). The number of amides is 1. The van der Waals surface area contributed by atoms with Gasteiger partial charge in [0.15, 0.2) is 0 Å². The zero-order chi connectivity index (χ0) is 28.5. The Morgan fingerprint density at radius 3 is 1.79 bits per heavy atom. The summed E-state index contributed by atoms with van der Waals surface area (Å²) in [5.41, 5.74) is -0.223. The molecular weight excluding hydrogens is 552 g/mol.